The number of nitrogens with two attached hydrogens (primary N) is 1. The van der Waals surface area contributed by atoms with Crippen LogP contribution in [-0.4, -0.2) is 47.0 Å². The van der Waals surface area contributed by atoms with Crippen molar-refractivity contribution in [2.75, 3.05) is 0 Å². The number of alkyl halides is 5. The van der Waals surface area contributed by atoms with Gasteiger partial charge in [-0.15, -0.1) is 12.4 Å². The Morgan fingerprint density at radius 1 is 1.17 bits per heavy atom. The van der Waals surface area contributed by atoms with E-state index in [0.717, 1.165) is 16.9 Å². The van der Waals surface area contributed by atoms with E-state index < -0.39 is 35.9 Å². The molecule has 0 saturated carbocycles. The number of aromatic nitrogens is 6. The minimum absolute atomic E-state index is 0. The molecule has 3 heterocycles. The van der Waals surface area contributed by atoms with Gasteiger partial charge < -0.3 is 11.1 Å². The lowest BCUT2D eigenvalue weighted by molar-refractivity contribution is -0.141. The van der Waals surface area contributed by atoms with E-state index in [4.69, 9.17) is 5.73 Å². The number of hydrogen-bond acceptors (Lipinski definition) is 6. The number of amides is 1. The molecule has 192 valence electrons. The summed E-state index contributed by atoms with van der Waals surface area (Å²) >= 11 is 0. The molecule has 0 aliphatic rings. The minimum atomic E-state index is -4.68. The lowest BCUT2D eigenvalue weighted by atomic mass is 10.0. The van der Waals surface area contributed by atoms with Gasteiger partial charge in [-0.25, -0.2) is 14.6 Å². The second kappa shape index (κ2) is 10.6. The number of carbonyl (C=O) groups is 1. The van der Waals surface area contributed by atoms with Crippen molar-refractivity contribution in [2.24, 2.45) is 5.73 Å². The van der Waals surface area contributed by atoms with Gasteiger partial charge in [-0.2, -0.15) is 32.1 Å². The molecular formula is C20H24ClF5N8O. The molecule has 0 aliphatic carbocycles. The van der Waals surface area contributed by atoms with Crippen LogP contribution < -0.4 is 11.1 Å². The zero-order chi connectivity index (χ0) is 25.3. The maximum absolute atomic E-state index is 13.3. The first-order valence-corrected chi connectivity index (χ1v) is 10.1. The Labute approximate surface area is 203 Å². The highest BCUT2D eigenvalue weighted by molar-refractivity contribution is 5.85. The average Bonchev–Trinajstić information content (AvgIpc) is 3.35. The Morgan fingerprint density at radius 2 is 1.80 bits per heavy atom. The quantitative estimate of drug-likeness (QED) is 0.439. The van der Waals surface area contributed by atoms with Crippen molar-refractivity contribution in [3.8, 4) is 11.3 Å². The molecule has 0 radical (unpaired) electrons. The number of aryl methyl sites for hydroxylation is 1. The Kier molecular flexibility index (Phi) is 8.55. The molecule has 3 aromatic rings. The van der Waals surface area contributed by atoms with Crippen molar-refractivity contribution < 1.29 is 26.7 Å². The van der Waals surface area contributed by atoms with E-state index in [9.17, 15) is 26.7 Å². The SMILES string of the molecule is Cc1ncc(-c2cc(C(F)(F)F)nn2CC(C)(C)NC(=O)[C@H](N)Cc2cnn(C(F)F)c2)cn1.Cl. The van der Waals surface area contributed by atoms with Crippen LogP contribution in [-0.2, 0) is 23.9 Å². The lowest BCUT2D eigenvalue weighted by Crippen LogP contribution is -2.53. The highest BCUT2D eigenvalue weighted by atomic mass is 35.5. The molecule has 15 heteroatoms. The molecule has 0 unspecified atom stereocenters. The molecule has 0 fully saturated rings. The van der Waals surface area contributed by atoms with Crippen molar-refractivity contribution >= 4 is 18.3 Å². The molecule has 0 aliphatic heterocycles. The number of nitrogens with one attached hydrogen (secondary N) is 1. The molecule has 9 nitrogen and oxygen atoms in total. The van der Waals surface area contributed by atoms with Gasteiger partial charge in [0.2, 0.25) is 5.91 Å². The van der Waals surface area contributed by atoms with Gasteiger partial charge in [0.05, 0.1) is 30.0 Å². The van der Waals surface area contributed by atoms with Crippen LogP contribution in [0.5, 0.6) is 0 Å². The average molecular weight is 523 g/mol. The van der Waals surface area contributed by atoms with E-state index in [1.807, 2.05) is 0 Å². The van der Waals surface area contributed by atoms with Gasteiger partial charge in [-0.1, -0.05) is 0 Å². The summed E-state index contributed by atoms with van der Waals surface area (Å²) in [4.78, 5) is 20.6. The number of halogens is 6. The van der Waals surface area contributed by atoms with Gasteiger partial charge in [0.25, 0.3) is 0 Å². The topological polar surface area (TPSA) is 117 Å². The Morgan fingerprint density at radius 3 is 2.34 bits per heavy atom. The maximum atomic E-state index is 13.3. The van der Waals surface area contributed by atoms with Crippen LogP contribution in [0.15, 0.2) is 30.9 Å². The summed E-state index contributed by atoms with van der Waals surface area (Å²) < 4.78 is 66.8. The minimum Gasteiger partial charge on any atom is -0.348 e. The summed E-state index contributed by atoms with van der Waals surface area (Å²) in [7, 11) is 0. The Bertz CT molecular complexity index is 1140. The third-order valence-electron chi connectivity index (χ3n) is 4.80. The second-order valence-corrected chi connectivity index (χ2v) is 8.38. The molecule has 1 atom stereocenters. The fraction of sp³-hybridized carbons (Fsp3) is 0.450. The highest BCUT2D eigenvalue weighted by Gasteiger charge is 2.36. The summed E-state index contributed by atoms with van der Waals surface area (Å²) in [6.45, 7) is 1.88. The Balaban J connectivity index is 0.00000432. The van der Waals surface area contributed by atoms with Crippen LogP contribution in [0.25, 0.3) is 11.3 Å². The first-order chi connectivity index (χ1) is 15.7. The third kappa shape index (κ3) is 7.18. The van der Waals surface area contributed by atoms with E-state index in [0.29, 0.717) is 21.6 Å². The van der Waals surface area contributed by atoms with Crippen molar-refractivity contribution in [1.82, 2.24) is 34.8 Å². The molecule has 0 aromatic carbocycles. The van der Waals surface area contributed by atoms with Gasteiger partial charge in [0.15, 0.2) is 5.69 Å². The molecule has 3 rings (SSSR count). The number of nitrogens with zero attached hydrogens (tertiary/aromatic N) is 6. The van der Waals surface area contributed by atoms with Crippen molar-refractivity contribution in [3.63, 3.8) is 0 Å². The maximum Gasteiger partial charge on any atom is 0.435 e. The first kappa shape index (κ1) is 28.1. The van der Waals surface area contributed by atoms with Crippen molar-refractivity contribution in [2.45, 2.75) is 58.0 Å². The van der Waals surface area contributed by atoms with Crippen LogP contribution in [0.3, 0.4) is 0 Å². The molecular weight excluding hydrogens is 499 g/mol. The van der Waals surface area contributed by atoms with E-state index >= 15 is 0 Å². The summed E-state index contributed by atoms with van der Waals surface area (Å²) in [6, 6.07) is -0.207. The molecule has 0 saturated heterocycles. The predicted molar refractivity (Wildman–Crippen MR) is 118 cm³/mol. The molecule has 1 amide bonds. The van der Waals surface area contributed by atoms with Gasteiger partial charge in [-0.05, 0) is 38.8 Å². The van der Waals surface area contributed by atoms with Gasteiger partial charge >= 0.3 is 12.7 Å². The summed E-state index contributed by atoms with van der Waals surface area (Å²) in [6.07, 6.45) is 0.308. The van der Waals surface area contributed by atoms with E-state index in [1.165, 1.54) is 18.6 Å². The zero-order valence-corrected chi connectivity index (χ0v) is 19.7. The first-order valence-electron chi connectivity index (χ1n) is 10.1. The van der Waals surface area contributed by atoms with Crippen LogP contribution >= 0.6 is 12.4 Å². The van der Waals surface area contributed by atoms with Crippen LogP contribution in [0, 0.1) is 6.92 Å². The van der Waals surface area contributed by atoms with E-state index in [2.05, 4.69) is 25.5 Å². The molecule has 0 bridgehead atoms. The van der Waals surface area contributed by atoms with Crippen LogP contribution in [0.2, 0.25) is 0 Å². The zero-order valence-electron chi connectivity index (χ0n) is 18.9. The third-order valence-corrected chi connectivity index (χ3v) is 4.80. The monoisotopic (exact) mass is 522 g/mol. The van der Waals surface area contributed by atoms with Gasteiger partial charge in [-0.3, -0.25) is 9.48 Å². The van der Waals surface area contributed by atoms with Gasteiger partial charge in [0.1, 0.15) is 5.82 Å². The fourth-order valence-electron chi connectivity index (χ4n) is 3.21. The van der Waals surface area contributed by atoms with Crippen LogP contribution in [0.1, 0.15) is 37.5 Å². The van der Waals surface area contributed by atoms with Gasteiger partial charge in [0, 0.05) is 24.2 Å². The predicted octanol–water partition coefficient (Wildman–Crippen LogP) is 3.15. The summed E-state index contributed by atoms with van der Waals surface area (Å²) in [5, 5.41) is 9.84. The fourth-order valence-corrected chi connectivity index (χ4v) is 3.21. The van der Waals surface area contributed by atoms with Crippen LogP contribution in [0.4, 0.5) is 22.0 Å². The molecule has 0 spiro atoms. The molecule has 3 N–H and O–H groups in total. The number of carbonyl (C=O) groups excluding carboxylic acids is 1. The van der Waals surface area contributed by atoms with E-state index in [-0.39, 0.29) is 31.1 Å². The van der Waals surface area contributed by atoms with Crippen molar-refractivity contribution in [3.05, 3.63) is 47.9 Å². The standard InChI is InChI=1S/C20H23F5N8O.ClH/c1-11-27-7-13(8-28-11)15-5-16(20(23,24)25)31-33(15)10-19(2,3)30-17(34)14(26)4-12-6-29-32(9-12)18(21)22;/h5-9,14,18H,4,10,26H2,1-3H3,(H,30,34);1H/t14-;/m1./s1. The summed E-state index contributed by atoms with van der Waals surface area (Å²) in [5.41, 5.74) is 4.52. The molecule has 35 heavy (non-hydrogen) atoms. The second-order valence-electron chi connectivity index (χ2n) is 8.38. The van der Waals surface area contributed by atoms with E-state index in [1.54, 1.807) is 20.8 Å². The lowest BCUT2D eigenvalue weighted by Gasteiger charge is -2.28. The highest BCUT2D eigenvalue weighted by Crippen LogP contribution is 2.32. The summed E-state index contributed by atoms with van der Waals surface area (Å²) in [5.74, 6) is -0.162. The number of hydrogen-bond donors (Lipinski definition) is 2. The normalized spacial score (nSPS) is 13.0. The number of rotatable bonds is 8. The largest absolute Gasteiger partial charge is 0.435 e. The smallest absolute Gasteiger partial charge is 0.348 e. The van der Waals surface area contributed by atoms with Crippen molar-refractivity contribution in [1.29, 1.82) is 0 Å². The Hall–Kier alpha value is -3.13. The molecule has 3 aromatic heterocycles.